The lowest BCUT2D eigenvalue weighted by molar-refractivity contribution is -0.109. The third-order valence-electron chi connectivity index (χ3n) is 3.14. The van der Waals surface area contributed by atoms with E-state index in [1.165, 1.54) is 0 Å². The van der Waals surface area contributed by atoms with Crippen molar-refractivity contribution in [3.63, 3.8) is 0 Å². The standard InChI is InChI=1S/C8H16N2O2/c11-4-6-7-3-9-1-2-10(7)8(6)5-12/h6-9,11-12H,1-5H2. The van der Waals surface area contributed by atoms with Gasteiger partial charge in [-0.15, -0.1) is 0 Å². The molecule has 0 aromatic heterocycles. The molecular formula is C8H16N2O2. The first-order valence-corrected chi connectivity index (χ1v) is 4.56. The van der Waals surface area contributed by atoms with Crippen LogP contribution in [-0.2, 0) is 0 Å². The molecule has 2 aliphatic rings. The molecule has 4 nitrogen and oxygen atoms in total. The van der Waals surface area contributed by atoms with Crippen LogP contribution in [0.2, 0.25) is 0 Å². The highest BCUT2D eigenvalue weighted by atomic mass is 16.3. The normalized spacial score (nSPS) is 42.0. The Bertz CT molecular complexity index is 135. The second kappa shape index (κ2) is 3.30. The van der Waals surface area contributed by atoms with Crippen LogP contribution in [0.4, 0.5) is 0 Å². The van der Waals surface area contributed by atoms with Gasteiger partial charge in [0.15, 0.2) is 0 Å². The van der Waals surface area contributed by atoms with Gasteiger partial charge < -0.3 is 15.5 Å². The van der Waals surface area contributed by atoms with Crippen molar-refractivity contribution in [2.75, 3.05) is 32.8 Å². The van der Waals surface area contributed by atoms with Gasteiger partial charge in [0.1, 0.15) is 0 Å². The first kappa shape index (κ1) is 8.44. The molecular weight excluding hydrogens is 156 g/mol. The number of hydrogen-bond acceptors (Lipinski definition) is 4. The molecule has 2 fully saturated rings. The highest BCUT2D eigenvalue weighted by Gasteiger charge is 2.47. The van der Waals surface area contributed by atoms with Crippen molar-refractivity contribution in [2.45, 2.75) is 12.1 Å². The molecule has 0 aromatic carbocycles. The molecule has 0 saturated carbocycles. The smallest absolute Gasteiger partial charge is 0.0591 e. The average molecular weight is 172 g/mol. The monoisotopic (exact) mass is 172 g/mol. The number of fused-ring (bicyclic) bond motifs is 1. The van der Waals surface area contributed by atoms with E-state index in [0.717, 1.165) is 19.6 Å². The van der Waals surface area contributed by atoms with Crippen molar-refractivity contribution >= 4 is 0 Å². The molecule has 0 aliphatic carbocycles. The largest absolute Gasteiger partial charge is 0.396 e. The van der Waals surface area contributed by atoms with Gasteiger partial charge in [0.2, 0.25) is 0 Å². The number of hydrogen-bond donors (Lipinski definition) is 3. The second-order valence-corrected chi connectivity index (χ2v) is 3.61. The molecule has 0 amide bonds. The zero-order valence-electron chi connectivity index (χ0n) is 7.11. The Morgan fingerprint density at radius 3 is 2.83 bits per heavy atom. The molecule has 0 aromatic rings. The molecule has 3 atom stereocenters. The van der Waals surface area contributed by atoms with Gasteiger partial charge >= 0.3 is 0 Å². The predicted molar refractivity (Wildman–Crippen MR) is 44.8 cm³/mol. The summed E-state index contributed by atoms with van der Waals surface area (Å²) in [6.45, 7) is 3.36. The van der Waals surface area contributed by atoms with Crippen LogP contribution in [0.25, 0.3) is 0 Å². The van der Waals surface area contributed by atoms with Crippen molar-refractivity contribution in [3.8, 4) is 0 Å². The minimum absolute atomic E-state index is 0.182. The lowest BCUT2D eigenvalue weighted by atomic mass is 9.79. The van der Waals surface area contributed by atoms with Gasteiger partial charge in [0.05, 0.1) is 6.61 Å². The van der Waals surface area contributed by atoms with Crippen molar-refractivity contribution < 1.29 is 10.2 Å². The summed E-state index contributed by atoms with van der Waals surface area (Å²) in [6, 6.07) is 0.669. The molecule has 3 unspecified atom stereocenters. The zero-order valence-corrected chi connectivity index (χ0v) is 7.11. The molecule has 0 radical (unpaired) electrons. The molecule has 0 bridgehead atoms. The Morgan fingerprint density at radius 1 is 1.33 bits per heavy atom. The van der Waals surface area contributed by atoms with Crippen LogP contribution >= 0.6 is 0 Å². The first-order valence-electron chi connectivity index (χ1n) is 4.56. The summed E-state index contributed by atoms with van der Waals surface area (Å²) in [7, 11) is 0. The van der Waals surface area contributed by atoms with Gasteiger partial charge in [-0.25, -0.2) is 0 Å². The molecule has 0 spiro atoms. The van der Waals surface area contributed by atoms with Crippen LogP contribution in [0.15, 0.2) is 0 Å². The van der Waals surface area contributed by atoms with Crippen LogP contribution in [-0.4, -0.2) is 60.0 Å². The fourth-order valence-electron chi connectivity index (χ4n) is 2.43. The Kier molecular flexibility index (Phi) is 2.32. The third kappa shape index (κ3) is 1.07. The molecule has 12 heavy (non-hydrogen) atoms. The SMILES string of the molecule is OCC1C(CO)N2CCNCC12. The van der Waals surface area contributed by atoms with Gasteiger partial charge in [0.25, 0.3) is 0 Å². The summed E-state index contributed by atoms with van der Waals surface area (Å²) in [6.07, 6.45) is 0. The van der Waals surface area contributed by atoms with Gasteiger partial charge in [-0.1, -0.05) is 0 Å². The Hall–Kier alpha value is -0.160. The molecule has 4 heteroatoms. The maximum Gasteiger partial charge on any atom is 0.0591 e. The number of piperazine rings is 1. The second-order valence-electron chi connectivity index (χ2n) is 3.61. The highest BCUT2D eigenvalue weighted by Crippen LogP contribution is 2.32. The Balaban J connectivity index is 1.98. The summed E-state index contributed by atoms with van der Waals surface area (Å²) in [5.41, 5.74) is 0. The van der Waals surface area contributed by atoms with Gasteiger partial charge in [-0.05, 0) is 0 Å². The van der Waals surface area contributed by atoms with Crippen LogP contribution in [0, 0.1) is 5.92 Å². The van der Waals surface area contributed by atoms with E-state index in [1.54, 1.807) is 0 Å². The minimum atomic E-state index is 0.182. The van der Waals surface area contributed by atoms with Crippen LogP contribution in [0.1, 0.15) is 0 Å². The van der Waals surface area contributed by atoms with Gasteiger partial charge in [-0.3, -0.25) is 4.90 Å². The van der Waals surface area contributed by atoms with E-state index in [2.05, 4.69) is 10.2 Å². The molecule has 2 rings (SSSR count). The summed E-state index contributed by atoms with van der Waals surface area (Å²) in [5.74, 6) is 0.280. The summed E-state index contributed by atoms with van der Waals surface area (Å²) < 4.78 is 0. The fraction of sp³-hybridized carbons (Fsp3) is 1.00. The van der Waals surface area contributed by atoms with E-state index in [4.69, 9.17) is 10.2 Å². The van der Waals surface area contributed by atoms with Crippen LogP contribution in [0.3, 0.4) is 0 Å². The molecule has 2 saturated heterocycles. The third-order valence-corrected chi connectivity index (χ3v) is 3.14. The fourth-order valence-corrected chi connectivity index (χ4v) is 2.43. The van der Waals surface area contributed by atoms with Crippen LogP contribution < -0.4 is 5.32 Å². The Labute approximate surface area is 72.2 Å². The molecule has 2 heterocycles. The number of nitrogens with zero attached hydrogens (tertiary/aromatic N) is 1. The van der Waals surface area contributed by atoms with E-state index < -0.39 is 0 Å². The lowest BCUT2D eigenvalue weighted by Gasteiger charge is -2.56. The average Bonchev–Trinajstić information content (AvgIpc) is 2.08. The number of rotatable bonds is 2. The maximum absolute atomic E-state index is 9.06. The van der Waals surface area contributed by atoms with Crippen molar-refractivity contribution in [3.05, 3.63) is 0 Å². The van der Waals surface area contributed by atoms with E-state index in [-0.39, 0.29) is 25.2 Å². The molecule has 3 N–H and O–H groups in total. The van der Waals surface area contributed by atoms with Gasteiger partial charge in [-0.2, -0.15) is 0 Å². The van der Waals surface area contributed by atoms with E-state index >= 15 is 0 Å². The first-order chi connectivity index (χ1) is 5.88. The summed E-state index contributed by atoms with van der Waals surface area (Å²) in [5, 5.41) is 21.4. The number of aliphatic hydroxyl groups is 2. The predicted octanol–water partition coefficient (Wildman–Crippen LogP) is -1.76. The van der Waals surface area contributed by atoms with E-state index in [9.17, 15) is 0 Å². The highest BCUT2D eigenvalue weighted by molar-refractivity contribution is 5.03. The van der Waals surface area contributed by atoms with E-state index in [0.29, 0.717) is 6.04 Å². The number of aliphatic hydroxyl groups excluding tert-OH is 2. The van der Waals surface area contributed by atoms with Crippen molar-refractivity contribution in [1.29, 1.82) is 0 Å². The maximum atomic E-state index is 9.06. The summed E-state index contributed by atoms with van der Waals surface area (Å²) in [4.78, 5) is 2.29. The topological polar surface area (TPSA) is 55.7 Å². The van der Waals surface area contributed by atoms with Crippen molar-refractivity contribution in [2.24, 2.45) is 5.92 Å². The molecule has 2 aliphatic heterocycles. The van der Waals surface area contributed by atoms with Crippen LogP contribution in [0.5, 0.6) is 0 Å². The number of nitrogens with one attached hydrogen (secondary N) is 1. The van der Waals surface area contributed by atoms with Crippen molar-refractivity contribution in [1.82, 2.24) is 10.2 Å². The zero-order chi connectivity index (χ0) is 8.55. The minimum Gasteiger partial charge on any atom is -0.396 e. The lowest BCUT2D eigenvalue weighted by Crippen LogP contribution is -2.72. The van der Waals surface area contributed by atoms with Gasteiger partial charge in [0, 0.05) is 44.2 Å². The quantitative estimate of drug-likeness (QED) is 0.462. The summed E-state index contributed by atoms with van der Waals surface area (Å²) >= 11 is 0. The molecule has 70 valence electrons. The van der Waals surface area contributed by atoms with E-state index in [1.807, 2.05) is 0 Å². The Morgan fingerprint density at radius 2 is 2.17 bits per heavy atom.